The molecule has 3 aromatic carbocycles. The fraction of sp³-hybridized carbons (Fsp3) is 0.294. The van der Waals surface area contributed by atoms with Crippen LogP contribution in [-0.2, 0) is 22.4 Å². The molecule has 3 aromatic rings. The zero-order valence-corrected chi connectivity index (χ0v) is 24.9. The number of phenols is 2. The van der Waals surface area contributed by atoms with Gasteiger partial charge in [-0.25, -0.2) is 0 Å². The van der Waals surface area contributed by atoms with Crippen molar-refractivity contribution >= 4 is 22.8 Å². The Morgan fingerprint density at radius 3 is 2.41 bits per heavy atom. The van der Waals surface area contributed by atoms with Crippen molar-refractivity contribution < 1.29 is 54.8 Å². The lowest BCUT2D eigenvalue weighted by Crippen LogP contribution is -2.55. The van der Waals surface area contributed by atoms with Crippen LogP contribution in [0.3, 0.4) is 0 Å². The highest BCUT2D eigenvalue weighted by Crippen LogP contribution is 2.31. The maximum Gasteiger partial charge on any atom is 0.307 e. The summed E-state index contributed by atoms with van der Waals surface area (Å²) in [6.07, 6.45) is 3.57. The summed E-state index contributed by atoms with van der Waals surface area (Å²) in [5.41, 5.74) is 0.499. The number of carboxylic acids is 1. The minimum Gasteiger partial charge on any atom is -0.516 e. The number of carbonyl (C=O) groups is 1. The number of aliphatic hydroxyl groups excluding tert-OH is 4. The van der Waals surface area contributed by atoms with E-state index in [4.69, 9.17) is 19.3 Å². The second kappa shape index (κ2) is 15.4. The maximum atomic E-state index is 13.7. The van der Waals surface area contributed by atoms with Crippen LogP contribution in [0.1, 0.15) is 23.6 Å². The average Bonchev–Trinajstić information content (AvgIpc) is 3.15. The van der Waals surface area contributed by atoms with Gasteiger partial charge in [0, 0.05) is 17.9 Å². The molecule has 5 unspecified atom stereocenters. The van der Waals surface area contributed by atoms with Crippen molar-refractivity contribution in [3.63, 3.8) is 0 Å². The lowest BCUT2D eigenvalue weighted by molar-refractivity contribution is -0.264. The molecule has 244 valence electrons. The molecule has 46 heavy (non-hydrogen) atoms. The first-order chi connectivity index (χ1) is 22.0. The predicted octanol–water partition coefficient (Wildman–Crippen LogP) is 2.95. The van der Waals surface area contributed by atoms with Gasteiger partial charge in [0.1, 0.15) is 24.6 Å². The van der Waals surface area contributed by atoms with Crippen molar-refractivity contribution in [3.05, 3.63) is 99.9 Å². The van der Waals surface area contributed by atoms with E-state index in [1.807, 2.05) is 0 Å². The minimum absolute atomic E-state index is 0.0252. The number of aromatic hydroxyl groups is 2. The zero-order valence-electron chi connectivity index (χ0n) is 24.9. The molecule has 1 aliphatic rings. The monoisotopic (exact) mass is 636 g/mol. The fourth-order valence-electron chi connectivity index (χ4n) is 4.94. The van der Waals surface area contributed by atoms with Gasteiger partial charge in [0.05, 0.1) is 30.8 Å². The van der Waals surface area contributed by atoms with Gasteiger partial charge in [-0.1, -0.05) is 55.5 Å². The molecule has 0 amide bonds. The van der Waals surface area contributed by atoms with Gasteiger partial charge in [0.2, 0.25) is 5.43 Å². The molecule has 0 saturated carbocycles. The molecule has 0 spiro atoms. The molecule has 0 bridgehead atoms. The van der Waals surface area contributed by atoms with E-state index < -0.39 is 60.7 Å². The third kappa shape index (κ3) is 8.23. The quantitative estimate of drug-likeness (QED) is 0.113. The molecule has 0 aliphatic carbocycles. The van der Waals surface area contributed by atoms with E-state index in [-0.39, 0.29) is 41.2 Å². The number of fused-ring (bicyclic) bond motifs is 1. The molecule has 1 aliphatic heterocycles. The van der Waals surface area contributed by atoms with Crippen molar-refractivity contribution in [1.29, 1.82) is 0 Å². The predicted molar refractivity (Wildman–Crippen MR) is 168 cm³/mol. The molecule has 12 heteroatoms. The van der Waals surface area contributed by atoms with Gasteiger partial charge in [0.15, 0.2) is 23.5 Å². The van der Waals surface area contributed by atoms with E-state index >= 15 is 0 Å². The van der Waals surface area contributed by atoms with Crippen LogP contribution in [0.4, 0.5) is 0 Å². The summed E-state index contributed by atoms with van der Waals surface area (Å²) in [7, 11) is 0. The molecule has 4 rings (SSSR count). The highest BCUT2D eigenvalue weighted by atomic mass is 16.6. The SMILES string of the molecule is CC1C(O)OC(COc2cc(CCOc3ccc(/C=C/C=C/C=C/O)cc3O)cc3ccc(CC(=O)O)c(O)c3c2=O)C(O)C1O. The summed E-state index contributed by atoms with van der Waals surface area (Å²) in [6, 6.07) is 10.8. The second-order valence-corrected chi connectivity index (χ2v) is 10.8. The van der Waals surface area contributed by atoms with Gasteiger partial charge in [-0.15, -0.1) is 0 Å². The highest BCUT2D eigenvalue weighted by Gasteiger charge is 2.41. The van der Waals surface area contributed by atoms with Crippen LogP contribution < -0.4 is 14.9 Å². The minimum atomic E-state index is -1.42. The molecule has 0 aromatic heterocycles. The first-order valence-electron chi connectivity index (χ1n) is 14.5. The zero-order chi connectivity index (χ0) is 33.4. The van der Waals surface area contributed by atoms with Crippen LogP contribution in [0.5, 0.6) is 23.0 Å². The van der Waals surface area contributed by atoms with Crippen LogP contribution in [0, 0.1) is 5.92 Å². The first kappa shape index (κ1) is 34.0. The van der Waals surface area contributed by atoms with Gasteiger partial charge in [-0.3, -0.25) is 9.59 Å². The largest absolute Gasteiger partial charge is 0.516 e. The number of aliphatic hydroxyl groups is 4. The topological polar surface area (TPSA) is 203 Å². The Hall–Kier alpha value is -4.88. The van der Waals surface area contributed by atoms with Crippen molar-refractivity contribution in [2.75, 3.05) is 13.2 Å². The number of allylic oxidation sites excluding steroid dienone is 4. The van der Waals surface area contributed by atoms with Crippen LogP contribution in [0.25, 0.3) is 16.8 Å². The Labute approximate surface area is 264 Å². The molecule has 1 fully saturated rings. The average molecular weight is 637 g/mol. The van der Waals surface area contributed by atoms with E-state index in [0.717, 1.165) is 6.26 Å². The van der Waals surface area contributed by atoms with Crippen molar-refractivity contribution in [1.82, 2.24) is 0 Å². The van der Waals surface area contributed by atoms with E-state index in [9.17, 15) is 40.2 Å². The Morgan fingerprint density at radius 2 is 1.70 bits per heavy atom. The standard InChI is InChI=1S/C34H36O12/c1-19-30(39)33(42)27(46-34(19)43)18-45-26-16-21(14-22-8-9-23(17-28(37)38)31(40)29(22)32(26)41)11-13-44-25-10-7-20(15-24(25)36)6-4-2-3-5-12-35/h2-10,12,14-16,19,27,30,33-36,39-40,42-43H,11,13,17-18H2,1H3,(H,37,38)/b3-2+,6-4+,12-5+. The summed E-state index contributed by atoms with van der Waals surface area (Å²) < 4.78 is 16.9. The van der Waals surface area contributed by atoms with Gasteiger partial charge in [-0.05, 0) is 40.8 Å². The second-order valence-electron chi connectivity index (χ2n) is 10.8. The summed E-state index contributed by atoms with van der Waals surface area (Å²) in [5, 5.41) is 70.2. The van der Waals surface area contributed by atoms with Gasteiger partial charge in [0.25, 0.3) is 0 Å². The highest BCUT2D eigenvalue weighted by molar-refractivity contribution is 5.91. The van der Waals surface area contributed by atoms with Crippen LogP contribution in [0.15, 0.2) is 77.8 Å². The maximum absolute atomic E-state index is 13.7. The van der Waals surface area contributed by atoms with Crippen LogP contribution >= 0.6 is 0 Å². The summed E-state index contributed by atoms with van der Waals surface area (Å²) in [5.74, 6) is -2.62. The number of hydrogen-bond acceptors (Lipinski definition) is 11. The fourth-order valence-corrected chi connectivity index (χ4v) is 4.94. The Morgan fingerprint density at radius 1 is 0.935 bits per heavy atom. The number of phenolic OH excluding ortho intramolecular Hbond substituents is 2. The molecule has 12 nitrogen and oxygen atoms in total. The van der Waals surface area contributed by atoms with Gasteiger partial charge < -0.3 is 50.0 Å². The molecule has 1 saturated heterocycles. The lowest BCUT2D eigenvalue weighted by atomic mass is 9.93. The molecule has 5 atom stereocenters. The number of benzene rings is 2. The Balaban J connectivity index is 1.60. The smallest absolute Gasteiger partial charge is 0.307 e. The third-order valence-corrected chi connectivity index (χ3v) is 7.52. The number of ether oxygens (including phenoxy) is 3. The van der Waals surface area contributed by atoms with Crippen molar-refractivity contribution in [3.8, 4) is 23.0 Å². The molecular formula is C34H36O12. The normalized spacial score (nSPS) is 21.8. The lowest BCUT2D eigenvalue weighted by Gasteiger charge is -2.39. The molecular weight excluding hydrogens is 600 g/mol. The Kier molecular flexibility index (Phi) is 11.4. The summed E-state index contributed by atoms with van der Waals surface area (Å²) >= 11 is 0. The summed E-state index contributed by atoms with van der Waals surface area (Å²) in [6.45, 7) is 1.13. The Bertz CT molecular complexity index is 1700. The van der Waals surface area contributed by atoms with Gasteiger partial charge >= 0.3 is 5.97 Å². The van der Waals surface area contributed by atoms with Crippen LogP contribution in [-0.4, -0.2) is 79.5 Å². The third-order valence-electron chi connectivity index (χ3n) is 7.52. The number of aliphatic carboxylic acids is 1. The van der Waals surface area contributed by atoms with Crippen molar-refractivity contribution in [2.24, 2.45) is 5.92 Å². The van der Waals surface area contributed by atoms with Gasteiger partial charge in [-0.2, -0.15) is 0 Å². The van der Waals surface area contributed by atoms with E-state index in [1.165, 1.54) is 37.3 Å². The van der Waals surface area contributed by atoms with Crippen LogP contribution in [0.2, 0.25) is 0 Å². The number of hydrogen-bond donors (Lipinski definition) is 7. The number of rotatable bonds is 12. The van der Waals surface area contributed by atoms with Crippen molar-refractivity contribution in [2.45, 2.75) is 44.4 Å². The van der Waals surface area contributed by atoms with E-state index in [0.29, 0.717) is 16.5 Å². The van der Waals surface area contributed by atoms with E-state index in [1.54, 1.807) is 42.5 Å². The number of carboxylic acid groups (broad SMARTS) is 1. The first-order valence-corrected chi connectivity index (χ1v) is 14.5. The molecule has 1 heterocycles. The van der Waals surface area contributed by atoms with E-state index in [2.05, 4.69) is 0 Å². The summed E-state index contributed by atoms with van der Waals surface area (Å²) in [4.78, 5) is 25.0. The molecule has 0 radical (unpaired) electrons. The molecule has 7 N–H and O–H groups in total.